The van der Waals surface area contributed by atoms with Gasteiger partial charge >= 0.3 is 0 Å². The second kappa shape index (κ2) is 5.36. The van der Waals surface area contributed by atoms with Crippen LogP contribution in [0.15, 0.2) is 42.5 Å². The Morgan fingerprint density at radius 2 is 2.00 bits per heavy atom. The van der Waals surface area contributed by atoms with Crippen molar-refractivity contribution in [3.8, 4) is 0 Å². The van der Waals surface area contributed by atoms with Gasteiger partial charge in [0.05, 0.1) is 6.04 Å². The Morgan fingerprint density at radius 3 is 2.56 bits per heavy atom. The minimum absolute atomic E-state index is 0.0454. The second-order valence-electron chi connectivity index (χ2n) is 4.55. The maximum absolute atomic E-state index is 11.7. The van der Waals surface area contributed by atoms with E-state index >= 15 is 0 Å². The fraction of sp³-hybridized carbons (Fsp3) is 0.400. The minimum atomic E-state index is -0.257. The van der Waals surface area contributed by atoms with Crippen LogP contribution >= 0.6 is 0 Å². The van der Waals surface area contributed by atoms with E-state index in [1.165, 1.54) is 0 Å². The molecule has 18 heavy (non-hydrogen) atoms. The predicted molar refractivity (Wildman–Crippen MR) is 70.9 cm³/mol. The van der Waals surface area contributed by atoms with Crippen LogP contribution in [0.25, 0.3) is 0 Å². The number of hydrogen-bond donors (Lipinski definition) is 0. The molecule has 96 valence electrons. The van der Waals surface area contributed by atoms with Crippen LogP contribution in [0.2, 0.25) is 0 Å². The van der Waals surface area contributed by atoms with E-state index in [0.29, 0.717) is 0 Å². The Kier molecular flexibility index (Phi) is 3.82. The first-order valence-electron chi connectivity index (χ1n) is 6.27. The van der Waals surface area contributed by atoms with Gasteiger partial charge in [-0.15, -0.1) is 0 Å². The van der Waals surface area contributed by atoms with Crippen molar-refractivity contribution >= 4 is 5.91 Å². The van der Waals surface area contributed by atoms with E-state index in [-0.39, 0.29) is 24.3 Å². The number of carbonyl (C=O) groups is 1. The summed E-state index contributed by atoms with van der Waals surface area (Å²) in [6, 6.07) is 10.1. The predicted octanol–water partition coefficient (Wildman–Crippen LogP) is 2.90. The van der Waals surface area contributed by atoms with Gasteiger partial charge in [0.1, 0.15) is 6.10 Å². The molecule has 0 unspecified atom stereocenters. The lowest BCUT2D eigenvalue weighted by Gasteiger charge is -2.23. The van der Waals surface area contributed by atoms with Crippen molar-refractivity contribution in [3.05, 3.63) is 48.0 Å². The van der Waals surface area contributed by atoms with Crippen molar-refractivity contribution in [2.45, 2.75) is 39.1 Å². The Morgan fingerprint density at radius 1 is 1.33 bits per heavy atom. The lowest BCUT2D eigenvalue weighted by atomic mass is 10.0. The number of rotatable bonds is 2. The van der Waals surface area contributed by atoms with Gasteiger partial charge in [0.15, 0.2) is 6.23 Å². The first-order chi connectivity index (χ1) is 8.65. The van der Waals surface area contributed by atoms with Gasteiger partial charge in [-0.2, -0.15) is 0 Å². The molecule has 0 spiro atoms. The molecule has 3 atom stereocenters. The molecule has 0 radical (unpaired) electrons. The largest absolute Gasteiger partial charge is 0.345 e. The number of amides is 1. The standard InChI is InChI=1S/C15H19NO2/c1-4-8-14-16(12(3)17)11(2)15(18-14)13-9-6-5-7-10-13/h4-11,14-15H,1-3H3/b8-4+/t11-,14-,15-/m0/s1. The number of ether oxygens (including phenoxy) is 1. The van der Waals surface area contributed by atoms with Crippen molar-refractivity contribution in [1.82, 2.24) is 4.90 Å². The minimum Gasteiger partial charge on any atom is -0.345 e. The second-order valence-corrected chi connectivity index (χ2v) is 4.55. The molecule has 1 amide bonds. The Bertz CT molecular complexity index is 441. The molecule has 1 aliphatic heterocycles. The van der Waals surface area contributed by atoms with Crippen LogP contribution in [0.3, 0.4) is 0 Å². The van der Waals surface area contributed by atoms with Gasteiger partial charge in [-0.25, -0.2) is 0 Å². The monoisotopic (exact) mass is 245 g/mol. The normalized spacial score (nSPS) is 27.9. The van der Waals surface area contributed by atoms with Crippen LogP contribution in [0.4, 0.5) is 0 Å². The number of allylic oxidation sites excluding steroid dienone is 1. The third kappa shape index (κ3) is 2.31. The molecule has 0 aliphatic carbocycles. The molecular weight excluding hydrogens is 226 g/mol. The summed E-state index contributed by atoms with van der Waals surface area (Å²) in [6.07, 6.45) is 3.52. The number of benzene rings is 1. The van der Waals surface area contributed by atoms with Crippen LogP contribution in [-0.4, -0.2) is 23.1 Å². The van der Waals surface area contributed by atoms with Crippen LogP contribution < -0.4 is 0 Å². The van der Waals surface area contributed by atoms with E-state index in [4.69, 9.17) is 4.74 Å². The van der Waals surface area contributed by atoms with Crippen LogP contribution in [0.5, 0.6) is 0 Å². The molecule has 3 nitrogen and oxygen atoms in total. The molecule has 1 aromatic carbocycles. The summed E-state index contributed by atoms with van der Waals surface area (Å²) < 4.78 is 5.99. The smallest absolute Gasteiger partial charge is 0.222 e. The van der Waals surface area contributed by atoms with Gasteiger partial charge in [0, 0.05) is 6.92 Å². The lowest BCUT2D eigenvalue weighted by Crippen LogP contribution is -2.38. The van der Waals surface area contributed by atoms with E-state index in [0.717, 1.165) is 5.56 Å². The Hall–Kier alpha value is -1.61. The van der Waals surface area contributed by atoms with Crippen molar-refractivity contribution in [3.63, 3.8) is 0 Å². The summed E-state index contributed by atoms with van der Waals surface area (Å²) in [7, 11) is 0. The summed E-state index contributed by atoms with van der Waals surface area (Å²) in [6.45, 7) is 5.55. The Balaban J connectivity index is 2.28. The molecule has 1 fully saturated rings. The highest BCUT2D eigenvalue weighted by Crippen LogP contribution is 2.35. The van der Waals surface area contributed by atoms with Crippen molar-refractivity contribution in [2.24, 2.45) is 0 Å². The third-order valence-electron chi connectivity index (χ3n) is 3.29. The zero-order valence-corrected chi connectivity index (χ0v) is 11.0. The fourth-order valence-electron chi connectivity index (χ4n) is 2.48. The molecule has 3 heteroatoms. The zero-order valence-electron chi connectivity index (χ0n) is 11.0. The third-order valence-corrected chi connectivity index (χ3v) is 3.29. The molecule has 0 aromatic heterocycles. The number of carbonyl (C=O) groups excluding carboxylic acids is 1. The average molecular weight is 245 g/mol. The summed E-state index contributed by atoms with van der Waals surface area (Å²) in [4.78, 5) is 13.5. The molecule has 0 saturated carbocycles. The van der Waals surface area contributed by atoms with Crippen LogP contribution in [0, 0.1) is 0 Å². The molecule has 1 aliphatic rings. The first kappa shape index (κ1) is 12.8. The highest BCUT2D eigenvalue weighted by atomic mass is 16.5. The SMILES string of the molecule is C/C=C/[C@@H]1O[C@H](c2ccccc2)[C@H](C)N1C(C)=O. The van der Waals surface area contributed by atoms with E-state index < -0.39 is 0 Å². The van der Waals surface area contributed by atoms with Gasteiger partial charge in [-0.1, -0.05) is 36.4 Å². The summed E-state index contributed by atoms with van der Waals surface area (Å²) in [5.74, 6) is 0.0454. The first-order valence-corrected chi connectivity index (χ1v) is 6.27. The average Bonchev–Trinajstić information content (AvgIpc) is 2.68. The van der Waals surface area contributed by atoms with Crippen molar-refractivity contribution < 1.29 is 9.53 Å². The van der Waals surface area contributed by atoms with E-state index in [9.17, 15) is 4.79 Å². The van der Waals surface area contributed by atoms with E-state index in [2.05, 4.69) is 0 Å². The van der Waals surface area contributed by atoms with Crippen LogP contribution in [0.1, 0.15) is 32.4 Å². The molecule has 1 saturated heterocycles. The van der Waals surface area contributed by atoms with Crippen molar-refractivity contribution in [1.29, 1.82) is 0 Å². The maximum atomic E-state index is 11.7. The van der Waals surface area contributed by atoms with Gasteiger partial charge in [0.25, 0.3) is 0 Å². The number of hydrogen-bond acceptors (Lipinski definition) is 2. The van der Waals surface area contributed by atoms with Gasteiger partial charge in [0.2, 0.25) is 5.91 Å². The fourth-order valence-corrected chi connectivity index (χ4v) is 2.48. The van der Waals surface area contributed by atoms with Gasteiger partial charge in [-0.3, -0.25) is 4.79 Å². The van der Waals surface area contributed by atoms with Crippen LogP contribution in [-0.2, 0) is 9.53 Å². The highest BCUT2D eigenvalue weighted by Gasteiger charge is 2.40. The zero-order chi connectivity index (χ0) is 13.1. The molecule has 2 rings (SSSR count). The number of nitrogens with zero attached hydrogens (tertiary/aromatic N) is 1. The maximum Gasteiger partial charge on any atom is 0.222 e. The molecule has 1 aromatic rings. The van der Waals surface area contributed by atoms with Gasteiger partial charge < -0.3 is 9.64 Å². The summed E-state index contributed by atoms with van der Waals surface area (Å²) in [5, 5.41) is 0. The van der Waals surface area contributed by atoms with Gasteiger partial charge in [-0.05, 0) is 25.5 Å². The summed E-state index contributed by atoms with van der Waals surface area (Å²) >= 11 is 0. The molecule has 0 N–H and O–H groups in total. The molecule has 1 heterocycles. The van der Waals surface area contributed by atoms with Crippen molar-refractivity contribution in [2.75, 3.05) is 0 Å². The topological polar surface area (TPSA) is 29.5 Å². The molecule has 0 bridgehead atoms. The quantitative estimate of drug-likeness (QED) is 0.750. The highest BCUT2D eigenvalue weighted by molar-refractivity contribution is 5.74. The summed E-state index contributed by atoms with van der Waals surface area (Å²) in [5.41, 5.74) is 1.11. The van der Waals surface area contributed by atoms with E-state index in [1.54, 1.807) is 11.8 Å². The Labute approximate surface area is 108 Å². The van der Waals surface area contributed by atoms with E-state index in [1.807, 2.05) is 56.3 Å². The lowest BCUT2D eigenvalue weighted by molar-refractivity contribution is -0.133. The molecular formula is C15H19NO2.